The maximum absolute atomic E-state index is 13.1. The van der Waals surface area contributed by atoms with Gasteiger partial charge in [-0.25, -0.2) is 4.79 Å². The number of benzene rings is 2. The van der Waals surface area contributed by atoms with Crippen molar-refractivity contribution in [3.63, 3.8) is 0 Å². The van der Waals surface area contributed by atoms with Gasteiger partial charge in [0.1, 0.15) is 6.10 Å². The van der Waals surface area contributed by atoms with Gasteiger partial charge in [-0.05, 0) is 49.9 Å². The number of thioether (sulfide) groups is 2. The minimum absolute atomic E-state index is 0.114. The van der Waals surface area contributed by atoms with Crippen LogP contribution >= 0.6 is 23.5 Å². The highest BCUT2D eigenvalue weighted by Gasteiger charge is 2.67. The number of ether oxygens (including phenoxy) is 4. The fourth-order valence-electron chi connectivity index (χ4n) is 5.24. The smallest absolute Gasteiger partial charge is 0.341 e. The number of aliphatic hydroxyl groups excluding tert-OH is 1. The molecule has 3 fully saturated rings. The third kappa shape index (κ3) is 5.95. The van der Waals surface area contributed by atoms with Crippen LogP contribution in [0.25, 0.3) is 0 Å². The number of carbonyl (C=O) groups is 1. The highest BCUT2D eigenvalue weighted by molar-refractivity contribution is 7.99. The second kappa shape index (κ2) is 11.9. The monoisotopic (exact) mass is 542 g/mol. The molecule has 2 spiro atoms. The fraction of sp³-hybridized carbons (Fsp3) is 0.483. The summed E-state index contributed by atoms with van der Waals surface area (Å²) in [7, 11) is 0. The van der Waals surface area contributed by atoms with Crippen molar-refractivity contribution in [2.75, 3.05) is 11.5 Å². The van der Waals surface area contributed by atoms with Gasteiger partial charge in [0, 0.05) is 34.1 Å². The molecule has 198 valence electrons. The number of fused-ring (bicyclic) bond motifs is 1. The summed E-state index contributed by atoms with van der Waals surface area (Å²) in [6.07, 6.45) is 3.05. The topological polar surface area (TPSA) is 74.2 Å². The van der Waals surface area contributed by atoms with E-state index in [1.165, 1.54) is 15.9 Å². The Kier molecular flexibility index (Phi) is 8.63. The highest BCUT2D eigenvalue weighted by atomic mass is 32.2. The van der Waals surface area contributed by atoms with E-state index in [4.69, 9.17) is 18.9 Å². The number of carbonyl (C=O) groups excluding carboxylic acids is 1. The Morgan fingerprint density at radius 1 is 0.865 bits per heavy atom. The average Bonchev–Trinajstić information content (AvgIpc) is 2.94. The average molecular weight is 543 g/mol. The molecule has 0 unspecified atom stereocenters. The Bertz CT molecular complexity index is 1050. The Morgan fingerprint density at radius 2 is 1.38 bits per heavy atom. The molecule has 0 radical (unpaired) electrons. The van der Waals surface area contributed by atoms with Gasteiger partial charge in [-0.2, -0.15) is 0 Å². The van der Waals surface area contributed by atoms with Crippen molar-refractivity contribution in [3.8, 4) is 0 Å². The standard InChI is InChI=1S/C29H34O6S2/c1-2-25(30)26-27(31)35-29(18-10-12-22(33-29)20-37-24-15-7-4-8-16-24)28(34-26)17-9-11-21(32-28)19-36-23-13-5-3-6-14-23/h2-8,13-16,21-22,25-26,30H,1,9-12,17-20H2/t21-,22-,25+,26+,28-,29-/m1/s1. The second-order valence-electron chi connectivity index (χ2n) is 9.70. The van der Waals surface area contributed by atoms with E-state index in [1.54, 1.807) is 23.5 Å². The van der Waals surface area contributed by atoms with Gasteiger partial charge in [0.15, 0.2) is 6.10 Å². The minimum Gasteiger partial charge on any atom is -0.425 e. The lowest BCUT2D eigenvalue weighted by Crippen LogP contribution is -2.72. The van der Waals surface area contributed by atoms with E-state index < -0.39 is 29.8 Å². The second-order valence-corrected chi connectivity index (χ2v) is 11.9. The quantitative estimate of drug-likeness (QED) is 0.263. The molecule has 8 heteroatoms. The van der Waals surface area contributed by atoms with Crippen molar-refractivity contribution in [2.45, 2.75) is 84.3 Å². The van der Waals surface area contributed by atoms with Crippen molar-refractivity contribution in [2.24, 2.45) is 0 Å². The molecule has 6 atom stereocenters. The highest BCUT2D eigenvalue weighted by Crippen LogP contribution is 2.51. The summed E-state index contributed by atoms with van der Waals surface area (Å²) in [5.41, 5.74) is 0. The zero-order chi connectivity index (χ0) is 25.7. The van der Waals surface area contributed by atoms with E-state index in [-0.39, 0.29) is 12.2 Å². The zero-order valence-electron chi connectivity index (χ0n) is 20.8. The van der Waals surface area contributed by atoms with E-state index in [2.05, 4.69) is 30.8 Å². The van der Waals surface area contributed by atoms with Crippen molar-refractivity contribution in [1.82, 2.24) is 0 Å². The van der Waals surface area contributed by atoms with Crippen LogP contribution in [0.4, 0.5) is 0 Å². The molecule has 0 aliphatic carbocycles. The summed E-state index contributed by atoms with van der Waals surface area (Å²) in [6.45, 7) is 3.64. The number of rotatable bonds is 8. The first-order chi connectivity index (χ1) is 18.0. The third-order valence-corrected chi connectivity index (χ3v) is 9.37. The molecule has 6 nitrogen and oxygen atoms in total. The number of aliphatic hydroxyl groups is 1. The first kappa shape index (κ1) is 26.8. The van der Waals surface area contributed by atoms with Crippen LogP contribution in [0.5, 0.6) is 0 Å². The fourth-order valence-corrected chi connectivity index (χ4v) is 7.17. The van der Waals surface area contributed by atoms with Crippen molar-refractivity contribution in [1.29, 1.82) is 0 Å². The van der Waals surface area contributed by atoms with Crippen molar-refractivity contribution in [3.05, 3.63) is 73.3 Å². The number of esters is 1. The van der Waals surface area contributed by atoms with Gasteiger partial charge in [0.2, 0.25) is 5.79 Å². The molecule has 2 aromatic rings. The van der Waals surface area contributed by atoms with E-state index >= 15 is 0 Å². The molecule has 37 heavy (non-hydrogen) atoms. The molecular weight excluding hydrogens is 508 g/mol. The summed E-state index contributed by atoms with van der Waals surface area (Å²) in [5.74, 6) is -1.81. The molecule has 0 bridgehead atoms. The number of hydrogen-bond acceptors (Lipinski definition) is 8. The van der Waals surface area contributed by atoms with E-state index in [0.717, 1.165) is 37.2 Å². The zero-order valence-corrected chi connectivity index (χ0v) is 22.5. The van der Waals surface area contributed by atoms with Gasteiger partial charge < -0.3 is 24.1 Å². The van der Waals surface area contributed by atoms with Crippen LogP contribution in [-0.4, -0.2) is 58.6 Å². The van der Waals surface area contributed by atoms with Crippen LogP contribution in [-0.2, 0) is 23.7 Å². The maximum Gasteiger partial charge on any atom is 0.341 e. The van der Waals surface area contributed by atoms with Crippen molar-refractivity contribution >= 4 is 29.5 Å². The predicted molar refractivity (Wildman–Crippen MR) is 144 cm³/mol. The van der Waals surface area contributed by atoms with Crippen LogP contribution in [0.2, 0.25) is 0 Å². The minimum atomic E-state index is -1.35. The van der Waals surface area contributed by atoms with Gasteiger partial charge in [0.25, 0.3) is 5.79 Å². The molecule has 3 heterocycles. The Morgan fingerprint density at radius 3 is 1.92 bits per heavy atom. The first-order valence-electron chi connectivity index (χ1n) is 13.0. The Hall–Kier alpha value is -1.81. The van der Waals surface area contributed by atoms with Crippen LogP contribution in [0, 0.1) is 0 Å². The van der Waals surface area contributed by atoms with Crippen LogP contribution in [0.1, 0.15) is 38.5 Å². The third-order valence-electron chi connectivity index (χ3n) is 7.08. The lowest BCUT2D eigenvalue weighted by Gasteiger charge is -2.57. The molecule has 0 saturated carbocycles. The molecule has 3 aliphatic rings. The van der Waals surface area contributed by atoms with E-state index in [0.29, 0.717) is 12.8 Å². The predicted octanol–water partition coefficient (Wildman–Crippen LogP) is 5.59. The summed E-state index contributed by atoms with van der Waals surface area (Å²) < 4.78 is 25.9. The largest absolute Gasteiger partial charge is 0.425 e. The molecule has 0 aromatic heterocycles. The number of hydrogen-bond donors (Lipinski definition) is 1. The van der Waals surface area contributed by atoms with Crippen LogP contribution in [0.3, 0.4) is 0 Å². The van der Waals surface area contributed by atoms with Crippen LogP contribution < -0.4 is 0 Å². The molecule has 3 aliphatic heterocycles. The summed E-state index contributed by atoms with van der Waals surface area (Å²) in [4.78, 5) is 15.4. The Balaban J connectivity index is 1.36. The van der Waals surface area contributed by atoms with Gasteiger partial charge in [-0.15, -0.1) is 30.1 Å². The normalized spacial score (nSPS) is 32.7. The molecule has 5 rings (SSSR count). The van der Waals surface area contributed by atoms with Gasteiger partial charge in [-0.1, -0.05) is 42.5 Å². The lowest BCUT2D eigenvalue weighted by molar-refractivity contribution is -0.458. The molecule has 2 aromatic carbocycles. The lowest BCUT2D eigenvalue weighted by atomic mass is 9.86. The molecule has 1 N–H and O–H groups in total. The van der Waals surface area contributed by atoms with Crippen molar-refractivity contribution < 1.29 is 28.8 Å². The molecule has 0 amide bonds. The van der Waals surface area contributed by atoms with Crippen LogP contribution in [0.15, 0.2) is 83.1 Å². The Labute approximate surface area is 227 Å². The summed E-state index contributed by atoms with van der Waals surface area (Å²) in [5, 5.41) is 10.5. The van der Waals surface area contributed by atoms with Gasteiger partial charge in [-0.3, -0.25) is 0 Å². The van der Waals surface area contributed by atoms with E-state index in [9.17, 15) is 9.90 Å². The molecule has 3 saturated heterocycles. The maximum atomic E-state index is 13.1. The summed E-state index contributed by atoms with van der Waals surface area (Å²) in [6, 6.07) is 20.4. The SMILES string of the molecule is C=C[C@H](O)[C@@H]1O[C@]2(CCC[C@H](CSc3ccccc3)O2)[C@@]2(CCC[C@H](CSc3ccccc3)O2)OC1=O. The van der Waals surface area contributed by atoms with E-state index in [1.807, 2.05) is 36.4 Å². The van der Waals surface area contributed by atoms with Gasteiger partial charge in [0.05, 0.1) is 12.2 Å². The first-order valence-corrected chi connectivity index (χ1v) is 14.9. The van der Waals surface area contributed by atoms with Gasteiger partial charge >= 0.3 is 5.97 Å². The summed E-state index contributed by atoms with van der Waals surface area (Å²) >= 11 is 3.45. The molecular formula is C29H34O6S2.